The Morgan fingerprint density at radius 3 is 2.58 bits per heavy atom. The van der Waals surface area contributed by atoms with Gasteiger partial charge in [0.1, 0.15) is 4.21 Å². The van der Waals surface area contributed by atoms with E-state index in [9.17, 15) is 13.2 Å². The van der Waals surface area contributed by atoms with Gasteiger partial charge in [-0.1, -0.05) is 42.5 Å². The fraction of sp³-hybridized carbons (Fsp3) is 0.105. The first-order valence-corrected chi connectivity index (χ1v) is 10.3. The molecule has 3 aromatic rings. The maximum absolute atomic E-state index is 12.7. The Bertz CT molecular complexity index is 1030. The van der Waals surface area contributed by atoms with Gasteiger partial charge in [0.2, 0.25) is 5.91 Å². The number of carbonyl (C=O) groups is 1. The van der Waals surface area contributed by atoms with Crippen LogP contribution in [0.3, 0.4) is 0 Å². The summed E-state index contributed by atoms with van der Waals surface area (Å²) < 4.78 is 26.6. The van der Waals surface area contributed by atoms with E-state index < -0.39 is 15.9 Å². The summed E-state index contributed by atoms with van der Waals surface area (Å²) in [6, 6.07) is 16.6. The quantitative estimate of drug-likeness (QED) is 0.630. The number of fused-ring (bicyclic) bond motifs is 1. The molecule has 0 saturated carbocycles. The smallest absolute Gasteiger partial charge is 0.253 e. The molecular formula is C19H18N2O3S2. The van der Waals surface area contributed by atoms with Crippen LogP contribution < -0.4 is 5.32 Å². The summed E-state index contributed by atoms with van der Waals surface area (Å²) in [7, 11) is -3.72. The van der Waals surface area contributed by atoms with Crippen molar-refractivity contribution in [2.24, 2.45) is 0 Å². The Hall–Kier alpha value is -2.48. The van der Waals surface area contributed by atoms with E-state index in [0.717, 1.165) is 26.4 Å². The molecule has 0 radical (unpaired) electrons. The second kappa shape index (κ2) is 7.82. The molecule has 1 heterocycles. The fourth-order valence-corrected chi connectivity index (χ4v) is 5.07. The Kier molecular flexibility index (Phi) is 5.51. The molecule has 2 aromatic carbocycles. The van der Waals surface area contributed by atoms with Crippen molar-refractivity contribution in [2.45, 2.75) is 4.21 Å². The first kappa shape index (κ1) is 18.3. The molecular weight excluding hydrogens is 368 g/mol. The van der Waals surface area contributed by atoms with E-state index in [4.69, 9.17) is 0 Å². The predicted molar refractivity (Wildman–Crippen MR) is 106 cm³/mol. The average molecular weight is 386 g/mol. The summed E-state index contributed by atoms with van der Waals surface area (Å²) in [6.07, 6.45) is 1.47. The molecule has 0 unspecified atom stereocenters. The molecule has 5 nitrogen and oxygen atoms in total. The highest BCUT2D eigenvalue weighted by atomic mass is 32.2. The van der Waals surface area contributed by atoms with E-state index in [0.29, 0.717) is 5.69 Å². The molecule has 0 aliphatic carbocycles. The highest BCUT2D eigenvalue weighted by Gasteiger charge is 2.26. The summed E-state index contributed by atoms with van der Waals surface area (Å²) in [6.45, 7) is 3.37. The molecule has 0 spiro atoms. The van der Waals surface area contributed by atoms with Gasteiger partial charge in [0.15, 0.2) is 0 Å². The lowest BCUT2D eigenvalue weighted by Crippen LogP contribution is -2.37. The SMILES string of the molecule is C=CCN(CC(=O)Nc1ccc2ccccc2c1)S(=O)(=O)c1cccs1. The number of nitrogens with one attached hydrogen (secondary N) is 1. The number of anilines is 1. The molecule has 0 bridgehead atoms. The molecule has 26 heavy (non-hydrogen) atoms. The zero-order chi connectivity index (χ0) is 18.6. The molecule has 1 N–H and O–H groups in total. The van der Waals surface area contributed by atoms with Gasteiger partial charge in [-0.25, -0.2) is 8.42 Å². The Morgan fingerprint density at radius 2 is 1.88 bits per heavy atom. The van der Waals surface area contributed by atoms with Crippen molar-refractivity contribution in [3.05, 3.63) is 72.6 Å². The van der Waals surface area contributed by atoms with Crippen LogP contribution in [-0.4, -0.2) is 31.7 Å². The minimum absolute atomic E-state index is 0.0609. The first-order valence-electron chi connectivity index (χ1n) is 7.94. The zero-order valence-electron chi connectivity index (χ0n) is 14.0. The lowest BCUT2D eigenvalue weighted by Gasteiger charge is -2.19. The molecule has 1 amide bonds. The van der Waals surface area contributed by atoms with E-state index in [1.165, 1.54) is 12.1 Å². The molecule has 0 fully saturated rings. The van der Waals surface area contributed by atoms with Crippen LogP contribution in [0.5, 0.6) is 0 Å². The Labute approximate surface area is 156 Å². The van der Waals surface area contributed by atoms with Gasteiger partial charge in [-0.05, 0) is 34.4 Å². The van der Waals surface area contributed by atoms with Gasteiger partial charge in [-0.15, -0.1) is 17.9 Å². The zero-order valence-corrected chi connectivity index (χ0v) is 15.6. The molecule has 134 valence electrons. The Balaban J connectivity index is 1.76. The van der Waals surface area contributed by atoms with Crippen molar-refractivity contribution in [2.75, 3.05) is 18.4 Å². The summed E-state index contributed by atoms with van der Waals surface area (Å²) >= 11 is 1.12. The van der Waals surface area contributed by atoms with Crippen molar-refractivity contribution in [1.29, 1.82) is 0 Å². The number of amides is 1. The number of benzene rings is 2. The van der Waals surface area contributed by atoms with Crippen LogP contribution in [0.4, 0.5) is 5.69 Å². The normalized spacial score (nSPS) is 11.6. The topological polar surface area (TPSA) is 66.5 Å². The minimum Gasteiger partial charge on any atom is -0.325 e. The number of nitrogens with zero attached hydrogens (tertiary/aromatic N) is 1. The first-order chi connectivity index (χ1) is 12.5. The van der Waals surface area contributed by atoms with Gasteiger partial charge in [-0.2, -0.15) is 4.31 Å². The highest BCUT2D eigenvalue weighted by molar-refractivity contribution is 7.91. The van der Waals surface area contributed by atoms with Crippen molar-refractivity contribution in [3.8, 4) is 0 Å². The van der Waals surface area contributed by atoms with E-state index >= 15 is 0 Å². The lowest BCUT2D eigenvalue weighted by atomic mass is 10.1. The molecule has 0 atom stereocenters. The summed E-state index contributed by atoms with van der Waals surface area (Å²) in [4.78, 5) is 12.4. The fourth-order valence-electron chi connectivity index (χ4n) is 2.56. The lowest BCUT2D eigenvalue weighted by molar-refractivity contribution is -0.116. The summed E-state index contributed by atoms with van der Waals surface area (Å²) in [5, 5.41) is 6.52. The van der Waals surface area contributed by atoms with E-state index in [2.05, 4.69) is 11.9 Å². The van der Waals surface area contributed by atoms with Crippen LogP contribution in [0, 0.1) is 0 Å². The van der Waals surface area contributed by atoms with Crippen molar-refractivity contribution in [3.63, 3.8) is 0 Å². The van der Waals surface area contributed by atoms with Gasteiger partial charge in [0.05, 0.1) is 6.54 Å². The maximum atomic E-state index is 12.7. The number of sulfonamides is 1. The van der Waals surface area contributed by atoms with E-state index in [-0.39, 0.29) is 17.3 Å². The van der Waals surface area contributed by atoms with Crippen LogP contribution in [0.15, 0.2) is 76.8 Å². The minimum atomic E-state index is -3.72. The molecule has 7 heteroatoms. The summed E-state index contributed by atoms with van der Waals surface area (Å²) in [5.41, 5.74) is 0.626. The van der Waals surface area contributed by atoms with E-state index in [1.54, 1.807) is 17.5 Å². The number of thiophene rings is 1. The van der Waals surface area contributed by atoms with Gasteiger partial charge in [0, 0.05) is 12.2 Å². The van der Waals surface area contributed by atoms with Crippen LogP contribution in [0.2, 0.25) is 0 Å². The van der Waals surface area contributed by atoms with Crippen LogP contribution in [0.1, 0.15) is 0 Å². The molecule has 1 aromatic heterocycles. The van der Waals surface area contributed by atoms with Crippen molar-refractivity contribution >= 4 is 43.7 Å². The summed E-state index contributed by atoms with van der Waals surface area (Å²) in [5.74, 6) is -0.401. The van der Waals surface area contributed by atoms with Gasteiger partial charge < -0.3 is 5.32 Å². The van der Waals surface area contributed by atoms with Crippen LogP contribution in [0.25, 0.3) is 10.8 Å². The molecule has 0 aliphatic heterocycles. The molecule has 3 rings (SSSR count). The monoisotopic (exact) mass is 386 g/mol. The third kappa shape index (κ3) is 4.01. The molecule has 0 aliphatic rings. The number of rotatable bonds is 7. The number of carbonyl (C=O) groups excluding carboxylic acids is 1. The largest absolute Gasteiger partial charge is 0.325 e. The third-order valence-corrected chi connectivity index (χ3v) is 6.96. The van der Waals surface area contributed by atoms with Crippen molar-refractivity contribution < 1.29 is 13.2 Å². The van der Waals surface area contributed by atoms with Crippen molar-refractivity contribution in [1.82, 2.24) is 4.31 Å². The average Bonchev–Trinajstić information content (AvgIpc) is 3.17. The standard InChI is InChI=1S/C19H18N2O3S2/c1-2-11-21(26(23,24)19-8-5-12-25-19)14-18(22)20-17-10-9-15-6-3-4-7-16(15)13-17/h2-10,12-13H,1,11,14H2,(H,20,22). The van der Waals surface area contributed by atoms with Crippen LogP contribution >= 0.6 is 11.3 Å². The Morgan fingerprint density at radius 1 is 1.12 bits per heavy atom. The van der Waals surface area contributed by atoms with E-state index in [1.807, 2.05) is 36.4 Å². The van der Waals surface area contributed by atoms with Gasteiger partial charge in [-0.3, -0.25) is 4.79 Å². The second-order valence-corrected chi connectivity index (χ2v) is 8.74. The number of hydrogen-bond acceptors (Lipinski definition) is 4. The second-order valence-electron chi connectivity index (χ2n) is 5.63. The highest BCUT2D eigenvalue weighted by Crippen LogP contribution is 2.22. The van der Waals surface area contributed by atoms with Crippen LogP contribution in [-0.2, 0) is 14.8 Å². The maximum Gasteiger partial charge on any atom is 0.253 e. The molecule has 0 saturated heterocycles. The number of hydrogen-bond donors (Lipinski definition) is 1. The van der Waals surface area contributed by atoms with Gasteiger partial charge in [0.25, 0.3) is 10.0 Å². The van der Waals surface area contributed by atoms with Gasteiger partial charge >= 0.3 is 0 Å². The predicted octanol–water partition coefficient (Wildman–Crippen LogP) is 3.72. The third-order valence-electron chi connectivity index (χ3n) is 3.78.